The number of aromatic nitrogens is 1. The summed E-state index contributed by atoms with van der Waals surface area (Å²) in [5.41, 5.74) is 0. The van der Waals surface area contributed by atoms with Gasteiger partial charge in [0.15, 0.2) is 17.6 Å². The van der Waals surface area contributed by atoms with Crippen LogP contribution < -0.4 is 10.6 Å². The third-order valence-electron chi connectivity index (χ3n) is 7.18. The highest BCUT2D eigenvalue weighted by Gasteiger charge is 2.32. The minimum absolute atomic E-state index is 0.0371. The zero-order valence-corrected chi connectivity index (χ0v) is 34.4. The van der Waals surface area contributed by atoms with Crippen LogP contribution >= 0.6 is 43.2 Å². The van der Waals surface area contributed by atoms with Crippen LogP contribution in [-0.4, -0.2) is 134 Å². The number of hydrogen-bond acceptors (Lipinski definition) is 19. The standard InChI is InChI=1S/C34H49N3O14S4/c1-22(33(45)50-16-18-52-53-19-17-51-34(46)30(35-3)23(2)38)31(42)37-25(9-11-29(41)48-14-13-47-4)26(39)21-24(32(43)44)8-10-28(40)49-15-20-54-55-27-7-5-6-12-36-27/h5-7,12,22,24-25,30,35H,8-11,13-21H2,1-4H3,(H,37,42)(H,43,44). The van der Waals surface area contributed by atoms with Crippen LogP contribution in [0.4, 0.5) is 0 Å². The van der Waals surface area contributed by atoms with Crippen LogP contribution in [0.15, 0.2) is 29.4 Å². The molecule has 0 aromatic carbocycles. The molecule has 0 fully saturated rings. The van der Waals surface area contributed by atoms with Gasteiger partial charge in [-0.25, -0.2) is 9.78 Å². The molecular weight excluding hydrogens is 803 g/mol. The number of ether oxygens (including phenoxy) is 5. The predicted octanol–water partition coefficient (Wildman–Crippen LogP) is 2.54. The normalized spacial score (nSPS) is 13.0. The fourth-order valence-corrected chi connectivity index (χ4v) is 7.57. The zero-order valence-electron chi connectivity index (χ0n) is 31.1. The van der Waals surface area contributed by atoms with Gasteiger partial charge in [-0.1, -0.05) is 38.4 Å². The van der Waals surface area contributed by atoms with E-state index in [2.05, 4.69) is 15.6 Å². The maximum Gasteiger partial charge on any atom is 0.330 e. The van der Waals surface area contributed by atoms with Gasteiger partial charge in [-0.05, 0) is 56.7 Å². The molecule has 0 spiro atoms. The molecule has 21 heteroatoms. The number of carbonyl (C=O) groups is 8. The number of methoxy groups -OCH3 is 1. The molecule has 1 aromatic rings. The molecule has 0 aliphatic carbocycles. The number of nitrogens with zero attached hydrogens (tertiary/aromatic N) is 1. The van der Waals surface area contributed by atoms with Gasteiger partial charge in [0.2, 0.25) is 5.91 Å². The van der Waals surface area contributed by atoms with E-state index in [9.17, 15) is 43.5 Å². The fraction of sp³-hybridized carbons (Fsp3) is 0.618. The third kappa shape index (κ3) is 22.7. The van der Waals surface area contributed by atoms with Gasteiger partial charge in [0.05, 0.1) is 18.6 Å². The van der Waals surface area contributed by atoms with Crippen LogP contribution in [0.2, 0.25) is 0 Å². The average molecular weight is 852 g/mol. The van der Waals surface area contributed by atoms with Crippen molar-refractivity contribution in [3.05, 3.63) is 24.4 Å². The molecule has 0 aliphatic rings. The number of carbonyl (C=O) groups excluding carboxylic acids is 7. The first-order valence-electron chi connectivity index (χ1n) is 17.1. The number of rotatable bonds is 31. The molecule has 17 nitrogen and oxygen atoms in total. The van der Waals surface area contributed by atoms with E-state index in [0.717, 1.165) is 5.03 Å². The molecule has 1 heterocycles. The largest absolute Gasteiger partial charge is 0.481 e. The van der Waals surface area contributed by atoms with Crippen molar-refractivity contribution >= 4 is 90.5 Å². The Balaban J connectivity index is 2.63. The smallest absolute Gasteiger partial charge is 0.330 e. The van der Waals surface area contributed by atoms with Gasteiger partial charge < -0.3 is 39.4 Å². The lowest BCUT2D eigenvalue weighted by Gasteiger charge is -2.21. The van der Waals surface area contributed by atoms with E-state index in [4.69, 9.17) is 23.7 Å². The summed E-state index contributed by atoms with van der Waals surface area (Å²) in [4.78, 5) is 103. The molecule has 55 heavy (non-hydrogen) atoms. The molecule has 0 aliphatic heterocycles. The fourth-order valence-electron chi connectivity index (χ4n) is 4.21. The number of carboxylic acids is 1. The van der Waals surface area contributed by atoms with E-state index >= 15 is 0 Å². The van der Waals surface area contributed by atoms with Crippen molar-refractivity contribution in [2.24, 2.45) is 11.8 Å². The maximum atomic E-state index is 13.4. The van der Waals surface area contributed by atoms with E-state index in [0.29, 0.717) is 17.3 Å². The summed E-state index contributed by atoms with van der Waals surface area (Å²) in [5, 5.41) is 15.6. The summed E-state index contributed by atoms with van der Waals surface area (Å²) in [7, 11) is 8.41. The lowest BCUT2D eigenvalue weighted by molar-refractivity contribution is -0.152. The number of hydrogen-bond donors (Lipinski definition) is 3. The van der Waals surface area contributed by atoms with E-state index in [1.54, 1.807) is 12.3 Å². The van der Waals surface area contributed by atoms with Crippen molar-refractivity contribution in [3.8, 4) is 0 Å². The Hall–Kier alpha value is -3.37. The van der Waals surface area contributed by atoms with Crippen molar-refractivity contribution in [2.45, 2.75) is 63.1 Å². The van der Waals surface area contributed by atoms with Crippen LogP contribution in [0.1, 0.15) is 46.0 Å². The quantitative estimate of drug-likeness (QED) is 0.0320. The van der Waals surface area contributed by atoms with E-state index in [1.807, 2.05) is 12.1 Å². The van der Waals surface area contributed by atoms with Crippen molar-refractivity contribution in [3.63, 3.8) is 0 Å². The number of aliphatic carboxylic acids is 1. The molecule has 4 atom stereocenters. The van der Waals surface area contributed by atoms with Crippen LogP contribution in [0.3, 0.4) is 0 Å². The lowest BCUT2D eigenvalue weighted by Crippen LogP contribution is -2.46. The van der Waals surface area contributed by atoms with E-state index < -0.39 is 71.9 Å². The number of likely N-dealkylation sites (N-methyl/N-ethyl adjacent to an activating group) is 1. The second-order valence-corrected chi connectivity index (χ2v) is 16.5. The minimum atomic E-state index is -1.35. The predicted molar refractivity (Wildman–Crippen MR) is 207 cm³/mol. The van der Waals surface area contributed by atoms with Crippen molar-refractivity contribution < 1.29 is 67.1 Å². The number of carboxylic acid groups (broad SMARTS) is 1. The Morgan fingerprint density at radius 3 is 1.98 bits per heavy atom. The van der Waals surface area contributed by atoms with Crippen LogP contribution in [-0.2, 0) is 62.0 Å². The summed E-state index contributed by atoms with van der Waals surface area (Å²) >= 11 is 0. The molecule has 308 valence electrons. The van der Waals surface area contributed by atoms with E-state index in [1.165, 1.54) is 71.2 Å². The van der Waals surface area contributed by atoms with Gasteiger partial charge in [-0.15, -0.1) is 0 Å². The van der Waals surface area contributed by atoms with E-state index in [-0.39, 0.29) is 64.5 Å². The number of ketones is 2. The number of nitrogens with one attached hydrogen (secondary N) is 2. The summed E-state index contributed by atoms with van der Waals surface area (Å²) < 4.78 is 25.3. The van der Waals surface area contributed by atoms with Gasteiger partial charge in [-0.3, -0.25) is 33.6 Å². The maximum absolute atomic E-state index is 13.4. The Morgan fingerprint density at radius 2 is 1.40 bits per heavy atom. The Bertz CT molecular complexity index is 1390. The minimum Gasteiger partial charge on any atom is -0.481 e. The second kappa shape index (κ2) is 29.9. The summed E-state index contributed by atoms with van der Waals surface area (Å²) in [6, 6.07) is 3.11. The molecule has 1 rings (SSSR count). The average Bonchev–Trinajstić information content (AvgIpc) is 3.15. The van der Waals surface area contributed by atoms with Gasteiger partial charge in [0.25, 0.3) is 0 Å². The molecular formula is C34H49N3O14S4. The molecule has 1 aromatic heterocycles. The molecule has 0 radical (unpaired) electrons. The SMILES string of the molecule is CNC(C(C)=O)C(=O)OCCSSCCOC(=O)C(C)C(=O)NC(CCC(=O)OCCOC)C(=O)CC(CCC(=O)OCCSSc1ccccn1)C(=O)O. The van der Waals surface area contributed by atoms with Gasteiger partial charge in [0.1, 0.15) is 37.4 Å². The molecule has 0 saturated heterocycles. The first kappa shape index (κ1) is 49.6. The lowest BCUT2D eigenvalue weighted by atomic mass is 9.92. The first-order valence-corrected chi connectivity index (χ1v) is 21.9. The van der Waals surface area contributed by atoms with Crippen LogP contribution in [0, 0.1) is 11.8 Å². The van der Waals surface area contributed by atoms with Crippen molar-refractivity contribution in [1.29, 1.82) is 0 Å². The first-order chi connectivity index (χ1) is 26.3. The van der Waals surface area contributed by atoms with Gasteiger partial charge in [-0.2, -0.15) is 0 Å². The summed E-state index contributed by atoms with van der Waals surface area (Å²) in [6.45, 7) is 2.75. The topological polar surface area (TPSA) is 240 Å². The Labute approximate surface area is 335 Å². The van der Waals surface area contributed by atoms with Crippen molar-refractivity contribution in [2.75, 3.05) is 64.5 Å². The third-order valence-corrected chi connectivity index (χ3v) is 11.7. The summed E-state index contributed by atoms with van der Waals surface area (Å²) in [5.74, 6) is -7.59. The van der Waals surface area contributed by atoms with Crippen molar-refractivity contribution in [1.82, 2.24) is 15.6 Å². The molecule has 0 bridgehead atoms. The van der Waals surface area contributed by atoms with Gasteiger partial charge in [0, 0.05) is 49.8 Å². The Morgan fingerprint density at radius 1 is 0.800 bits per heavy atom. The molecule has 3 N–H and O–H groups in total. The van der Waals surface area contributed by atoms with Crippen LogP contribution in [0.25, 0.3) is 0 Å². The second-order valence-electron chi connectivity index (χ2n) is 11.4. The highest BCUT2D eigenvalue weighted by atomic mass is 33.1. The summed E-state index contributed by atoms with van der Waals surface area (Å²) in [6.07, 6.45) is 0.0699. The van der Waals surface area contributed by atoms with Gasteiger partial charge >= 0.3 is 29.8 Å². The number of Topliss-reactive ketones (excluding diaryl/α,β-unsaturated/α-hetero) is 2. The number of pyridine rings is 1. The number of esters is 4. The Kier molecular flexibility index (Phi) is 27.0. The highest BCUT2D eigenvalue weighted by Crippen LogP contribution is 2.28. The number of amides is 1. The highest BCUT2D eigenvalue weighted by molar-refractivity contribution is 8.77. The monoisotopic (exact) mass is 851 g/mol. The molecule has 0 saturated carbocycles. The van der Waals surface area contributed by atoms with Crippen LogP contribution in [0.5, 0.6) is 0 Å². The molecule has 1 amide bonds. The molecule has 4 unspecified atom stereocenters. The zero-order chi connectivity index (χ0) is 41.0.